The average Bonchev–Trinajstić information content (AvgIpc) is 2.61. The summed E-state index contributed by atoms with van der Waals surface area (Å²) < 4.78 is 11.2. The lowest BCUT2D eigenvalue weighted by Gasteiger charge is -2.20. The molecular formula is C20H23NO3. The maximum Gasteiger partial charge on any atom is 0.251 e. The van der Waals surface area contributed by atoms with E-state index in [0.717, 1.165) is 23.5 Å². The number of amides is 1. The number of benzene rings is 2. The summed E-state index contributed by atoms with van der Waals surface area (Å²) in [6, 6.07) is 13.7. The van der Waals surface area contributed by atoms with Gasteiger partial charge in [-0.3, -0.25) is 4.79 Å². The molecule has 4 nitrogen and oxygen atoms in total. The molecule has 1 amide bonds. The van der Waals surface area contributed by atoms with E-state index in [1.165, 1.54) is 5.56 Å². The van der Waals surface area contributed by atoms with Crippen LogP contribution in [0.25, 0.3) is 0 Å². The van der Waals surface area contributed by atoms with Crippen molar-refractivity contribution in [1.82, 2.24) is 5.32 Å². The van der Waals surface area contributed by atoms with Crippen molar-refractivity contribution in [3.63, 3.8) is 0 Å². The normalized spacial score (nSPS) is 14.1. The van der Waals surface area contributed by atoms with E-state index in [9.17, 15) is 4.79 Å². The van der Waals surface area contributed by atoms with Gasteiger partial charge in [0.25, 0.3) is 5.91 Å². The van der Waals surface area contributed by atoms with Gasteiger partial charge in [-0.1, -0.05) is 30.7 Å². The fraction of sp³-hybridized carbons (Fsp3) is 0.350. The van der Waals surface area contributed by atoms with Gasteiger partial charge in [-0.2, -0.15) is 0 Å². The molecule has 0 bridgehead atoms. The molecule has 1 aliphatic rings. The second-order valence-electron chi connectivity index (χ2n) is 6.22. The number of fused-ring (bicyclic) bond motifs is 1. The zero-order valence-corrected chi connectivity index (χ0v) is 14.2. The lowest BCUT2D eigenvalue weighted by molar-refractivity contribution is 0.0952. The average molecular weight is 325 g/mol. The first kappa shape index (κ1) is 16.4. The Morgan fingerprint density at radius 1 is 1.12 bits per heavy atom. The maximum atomic E-state index is 12.2. The van der Waals surface area contributed by atoms with Crippen LogP contribution in [-0.2, 0) is 0 Å². The fourth-order valence-corrected chi connectivity index (χ4v) is 2.82. The summed E-state index contributed by atoms with van der Waals surface area (Å²) in [4.78, 5) is 12.2. The predicted octanol–water partition coefficient (Wildman–Crippen LogP) is 3.69. The van der Waals surface area contributed by atoms with E-state index in [1.807, 2.05) is 43.3 Å². The van der Waals surface area contributed by atoms with E-state index in [2.05, 4.69) is 18.3 Å². The number of hydrogen-bond acceptors (Lipinski definition) is 3. The highest BCUT2D eigenvalue weighted by Crippen LogP contribution is 2.33. The molecule has 0 spiro atoms. The lowest BCUT2D eigenvalue weighted by atomic mass is 9.97. The minimum atomic E-state index is -0.0203. The van der Waals surface area contributed by atoms with Gasteiger partial charge < -0.3 is 14.8 Å². The predicted molar refractivity (Wildman–Crippen MR) is 94.0 cm³/mol. The van der Waals surface area contributed by atoms with E-state index in [-0.39, 0.29) is 5.91 Å². The van der Waals surface area contributed by atoms with Gasteiger partial charge in [0, 0.05) is 12.1 Å². The van der Waals surface area contributed by atoms with Gasteiger partial charge in [0.1, 0.15) is 13.2 Å². The van der Waals surface area contributed by atoms with Crippen molar-refractivity contribution in [1.29, 1.82) is 0 Å². The Balaban J connectivity index is 1.54. The van der Waals surface area contributed by atoms with Crippen molar-refractivity contribution in [3.05, 3.63) is 59.2 Å². The summed E-state index contributed by atoms with van der Waals surface area (Å²) in [5.74, 6) is 1.94. The third-order valence-electron chi connectivity index (χ3n) is 4.28. The molecule has 1 N–H and O–H groups in total. The quantitative estimate of drug-likeness (QED) is 0.912. The molecule has 0 radical (unpaired) electrons. The Morgan fingerprint density at radius 3 is 2.71 bits per heavy atom. The van der Waals surface area contributed by atoms with Gasteiger partial charge in [-0.25, -0.2) is 0 Å². The third-order valence-corrected chi connectivity index (χ3v) is 4.28. The molecule has 1 aliphatic heterocycles. The van der Waals surface area contributed by atoms with Crippen LogP contribution >= 0.6 is 0 Å². The highest BCUT2D eigenvalue weighted by Gasteiger charge is 2.14. The molecule has 2 aromatic carbocycles. The fourth-order valence-electron chi connectivity index (χ4n) is 2.82. The molecule has 0 saturated carbocycles. The van der Waals surface area contributed by atoms with Crippen molar-refractivity contribution in [2.75, 3.05) is 19.8 Å². The number of rotatable bonds is 5. The monoisotopic (exact) mass is 325 g/mol. The molecule has 2 aromatic rings. The van der Waals surface area contributed by atoms with Gasteiger partial charge in [-0.15, -0.1) is 0 Å². The molecule has 1 unspecified atom stereocenters. The van der Waals surface area contributed by atoms with Crippen LogP contribution in [0.15, 0.2) is 42.5 Å². The molecular weight excluding hydrogens is 302 g/mol. The number of hydrogen-bond donors (Lipinski definition) is 1. The number of carbonyl (C=O) groups is 1. The van der Waals surface area contributed by atoms with Crippen LogP contribution in [0.1, 0.15) is 40.7 Å². The first-order valence-electron chi connectivity index (χ1n) is 8.38. The van der Waals surface area contributed by atoms with Gasteiger partial charge in [0.2, 0.25) is 0 Å². The highest BCUT2D eigenvalue weighted by atomic mass is 16.6. The first-order valence-corrected chi connectivity index (χ1v) is 8.38. The van der Waals surface area contributed by atoms with E-state index in [1.54, 1.807) is 0 Å². The summed E-state index contributed by atoms with van der Waals surface area (Å²) in [7, 11) is 0. The molecule has 0 saturated heterocycles. The Labute approximate surface area is 142 Å². The summed E-state index contributed by atoms with van der Waals surface area (Å²) in [6.45, 7) is 5.98. The van der Waals surface area contributed by atoms with Gasteiger partial charge >= 0.3 is 0 Å². The van der Waals surface area contributed by atoms with Crippen molar-refractivity contribution in [3.8, 4) is 11.5 Å². The molecule has 1 heterocycles. The molecule has 3 rings (SSSR count). The summed E-state index contributed by atoms with van der Waals surface area (Å²) >= 11 is 0. The molecule has 4 heteroatoms. The molecule has 0 aromatic heterocycles. The number of nitrogens with one attached hydrogen (secondary N) is 1. The van der Waals surface area contributed by atoms with Crippen molar-refractivity contribution in [2.45, 2.75) is 26.2 Å². The Hall–Kier alpha value is -2.49. The second-order valence-corrected chi connectivity index (χ2v) is 6.22. The topological polar surface area (TPSA) is 47.6 Å². The van der Waals surface area contributed by atoms with Crippen LogP contribution in [0.4, 0.5) is 0 Å². The minimum Gasteiger partial charge on any atom is -0.486 e. The van der Waals surface area contributed by atoms with Crippen LogP contribution in [0.2, 0.25) is 0 Å². The van der Waals surface area contributed by atoms with E-state index in [0.29, 0.717) is 31.2 Å². The molecule has 126 valence electrons. The number of carbonyl (C=O) groups excluding carboxylic acids is 1. The van der Waals surface area contributed by atoms with Crippen LogP contribution in [0.3, 0.4) is 0 Å². The number of ether oxygens (including phenoxy) is 2. The van der Waals surface area contributed by atoms with Crippen molar-refractivity contribution < 1.29 is 14.3 Å². The van der Waals surface area contributed by atoms with Gasteiger partial charge in [-0.05, 0) is 49.1 Å². The maximum absolute atomic E-state index is 12.2. The summed E-state index contributed by atoms with van der Waals surface area (Å²) in [5.41, 5.74) is 3.00. The van der Waals surface area contributed by atoms with Crippen molar-refractivity contribution >= 4 is 5.91 Å². The number of aryl methyl sites for hydroxylation is 1. The van der Waals surface area contributed by atoms with Gasteiger partial charge in [0.15, 0.2) is 11.5 Å². The highest BCUT2D eigenvalue weighted by molar-refractivity contribution is 5.94. The standard InChI is InChI=1S/C20H23NO3/c1-14-4-3-5-17(12-14)20(22)21-9-8-15(2)16-6-7-18-19(13-16)24-11-10-23-18/h3-7,12-13,15H,8-11H2,1-2H3,(H,21,22). The summed E-state index contributed by atoms with van der Waals surface area (Å²) in [5, 5.41) is 2.99. The molecule has 1 atom stereocenters. The van der Waals surface area contributed by atoms with Crippen LogP contribution in [0.5, 0.6) is 11.5 Å². The largest absolute Gasteiger partial charge is 0.486 e. The second kappa shape index (κ2) is 7.39. The van der Waals surface area contributed by atoms with E-state index < -0.39 is 0 Å². The van der Waals surface area contributed by atoms with Crippen molar-refractivity contribution in [2.24, 2.45) is 0 Å². The molecule has 24 heavy (non-hydrogen) atoms. The zero-order valence-electron chi connectivity index (χ0n) is 14.2. The Morgan fingerprint density at radius 2 is 1.92 bits per heavy atom. The smallest absolute Gasteiger partial charge is 0.251 e. The van der Waals surface area contributed by atoms with E-state index >= 15 is 0 Å². The Bertz CT molecular complexity index is 727. The third kappa shape index (κ3) is 3.88. The molecule has 0 aliphatic carbocycles. The molecule has 0 fully saturated rings. The SMILES string of the molecule is Cc1cccc(C(=O)NCCC(C)c2ccc3c(c2)OCCO3)c1. The van der Waals surface area contributed by atoms with E-state index in [4.69, 9.17) is 9.47 Å². The van der Waals surface area contributed by atoms with Crippen LogP contribution in [-0.4, -0.2) is 25.7 Å². The van der Waals surface area contributed by atoms with Crippen LogP contribution < -0.4 is 14.8 Å². The summed E-state index contributed by atoms with van der Waals surface area (Å²) in [6.07, 6.45) is 0.872. The Kier molecular flexibility index (Phi) is 5.04. The van der Waals surface area contributed by atoms with Gasteiger partial charge in [0.05, 0.1) is 0 Å². The van der Waals surface area contributed by atoms with Crippen LogP contribution in [0, 0.1) is 6.92 Å². The first-order chi connectivity index (χ1) is 11.6. The minimum absolute atomic E-state index is 0.0203. The zero-order chi connectivity index (χ0) is 16.9. The lowest BCUT2D eigenvalue weighted by Crippen LogP contribution is -2.25.